The standard InChI is InChI=1S/C23H25F2N3O5S/c1-32-19-7-5-6-16(22(19)33-23(24)25)9-14-21(29)27-17-10-12-18(13-11-17)34(30,31)28-20-8-3-2-4-15-26-20/h5-7,9-14,23H,2-4,8,15H2,1H3,(H,26,28)(H,27,29)/b14-9+. The summed E-state index contributed by atoms with van der Waals surface area (Å²) in [4.78, 5) is 16.6. The molecule has 0 aromatic heterocycles. The van der Waals surface area contributed by atoms with Crippen molar-refractivity contribution in [1.29, 1.82) is 0 Å². The molecule has 2 N–H and O–H groups in total. The molecule has 34 heavy (non-hydrogen) atoms. The van der Waals surface area contributed by atoms with E-state index in [0.29, 0.717) is 24.5 Å². The largest absolute Gasteiger partial charge is 0.493 e. The van der Waals surface area contributed by atoms with Crippen LogP contribution < -0.4 is 19.5 Å². The van der Waals surface area contributed by atoms with Crippen LogP contribution in [0.15, 0.2) is 58.4 Å². The number of hydrogen-bond acceptors (Lipinski definition) is 6. The van der Waals surface area contributed by atoms with Gasteiger partial charge in [-0.15, -0.1) is 0 Å². The predicted octanol–water partition coefficient (Wildman–Crippen LogP) is 4.20. The van der Waals surface area contributed by atoms with E-state index in [-0.39, 0.29) is 22.0 Å². The molecule has 1 amide bonds. The highest BCUT2D eigenvalue weighted by Crippen LogP contribution is 2.33. The molecule has 0 saturated carbocycles. The van der Waals surface area contributed by atoms with Crippen molar-refractivity contribution >= 4 is 33.5 Å². The van der Waals surface area contributed by atoms with Crippen LogP contribution in [0.3, 0.4) is 0 Å². The molecule has 1 aliphatic rings. The van der Waals surface area contributed by atoms with E-state index in [1.807, 2.05) is 0 Å². The van der Waals surface area contributed by atoms with Gasteiger partial charge in [-0.25, -0.2) is 8.42 Å². The van der Waals surface area contributed by atoms with Crippen LogP contribution in [0.1, 0.15) is 31.2 Å². The van der Waals surface area contributed by atoms with E-state index in [1.54, 1.807) is 6.07 Å². The third-order valence-electron chi connectivity index (χ3n) is 4.91. The number of halogens is 2. The Morgan fingerprint density at radius 3 is 2.59 bits per heavy atom. The first-order valence-electron chi connectivity index (χ1n) is 10.6. The van der Waals surface area contributed by atoms with Gasteiger partial charge >= 0.3 is 6.61 Å². The molecule has 11 heteroatoms. The van der Waals surface area contributed by atoms with Gasteiger partial charge in [0, 0.05) is 30.3 Å². The Bertz CT molecular complexity index is 1170. The zero-order valence-corrected chi connectivity index (χ0v) is 19.3. The minimum atomic E-state index is -3.78. The van der Waals surface area contributed by atoms with Crippen molar-refractivity contribution in [2.75, 3.05) is 19.0 Å². The van der Waals surface area contributed by atoms with Crippen LogP contribution in [0, 0.1) is 0 Å². The van der Waals surface area contributed by atoms with Crippen LogP contribution in [0.5, 0.6) is 11.5 Å². The number of nitrogens with one attached hydrogen (secondary N) is 2. The molecule has 0 radical (unpaired) electrons. The number of amidine groups is 1. The fourth-order valence-electron chi connectivity index (χ4n) is 3.28. The van der Waals surface area contributed by atoms with Crippen molar-refractivity contribution in [3.05, 3.63) is 54.1 Å². The van der Waals surface area contributed by atoms with E-state index in [9.17, 15) is 22.0 Å². The molecule has 0 unspecified atom stereocenters. The third kappa shape index (κ3) is 7.01. The first-order valence-corrected chi connectivity index (χ1v) is 12.0. The van der Waals surface area contributed by atoms with Crippen LogP contribution in [0.25, 0.3) is 6.08 Å². The normalized spacial score (nSPS) is 14.4. The maximum atomic E-state index is 12.7. The zero-order chi connectivity index (χ0) is 24.6. The summed E-state index contributed by atoms with van der Waals surface area (Å²) in [6.45, 7) is -2.46. The average Bonchev–Trinajstić information content (AvgIpc) is 3.06. The number of aliphatic imine (C=N–C) groups is 1. The second-order valence-electron chi connectivity index (χ2n) is 7.35. The molecule has 0 fully saturated rings. The number of benzene rings is 2. The molecular formula is C23H25F2N3O5S. The number of nitrogens with zero attached hydrogens (tertiary/aromatic N) is 1. The minimum absolute atomic E-state index is 0.0400. The first-order chi connectivity index (χ1) is 16.3. The van der Waals surface area contributed by atoms with Gasteiger partial charge in [0.05, 0.1) is 12.0 Å². The maximum Gasteiger partial charge on any atom is 0.387 e. The molecule has 8 nitrogen and oxygen atoms in total. The maximum absolute atomic E-state index is 12.7. The lowest BCUT2D eigenvalue weighted by atomic mass is 10.1. The highest BCUT2D eigenvalue weighted by molar-refractivity contribution is 7.90. The quantitative estimate of drug-likeness (QED) is 0.536. The Kier molecular flexibility index (Phi) is 8.58. The topological polar surface area (TPSA) is 106 Å². The van der Waals surface area contributed by atoms with Crippen molar-refractivity contribution in [3.8, 4) is 11.5 Å². The summed E-state index contributed by atoms with van der Waals surface area (Å²) in [6.07, 6.45) is 5.86. The van der Waals surface area contributed by atoms with Gasteiger partial charge in [-0.05, 0) is 49.2 Å². The van der Waals surface area contributed by atoms with Gasteiger partial charge in [-0.3, -0.25) is 14.5 Å². The Morgan fingerprint density at radius 1 is 1.12 bits per heavy atom. The number of ether oxygens (including phenoxy) is 2. The lowest BCUT2D eigenvalue weighted by Gasteiger charge is -2.12. The highest BCUT2D eigenvalue weighted by atomic mass is 32.2. The van der Waals surface area contributed by atoms with Gasteiger partial charge in [0.15, 0.2) is 11.5 Å². The number of carbonyl (C=O) groups is 1. The summed E-state index contributed by atoms with van der Waals surface area (Å²) in [7, 11) is -2.47. The van der Waals surface area contributed by atoms with Crippen molar-refractivity contribution in [2.24, 2.45) is 4.99 Å². The van der Waals surface area contributed by atoms with Crippen LogP contribution in [-0.4, -0.2) is 40.4 Å². The summed E-state index contributed by atoms with van der Waals surface area (Å²) >= 11 is 0. The Morgan fingerprint density at radius 2 is 1.88 bits per heavy atom. The monoisotopic (exact) mass is 493 g/mol. The lowest BCUT2D eigenvalue weighted by molar-refractivity contribution is -0.111. The predicted molar refractivity (Wildman–Crippen MR) is 125 cm³/mol. The molecule has 3 rings (SSSR count). The number of carbonyl (C=O) groups excluding carboxylic acids is 1. The van der Waals surface area contributed by atoms with Crippen LogP contribution in [0.4, 0.5) is 14.5 Å². The van der Waals surface area contributed by atoms with E-state index in [0.717, 1.165) is 25.3 Å². The second-order valence-corrected chi connectivity index (χ2v) is 9.03. The number of anilines is 1. The molecule has 0 saturated heterocycles. The van der Waals surface area contributed by atoms with Gasteiger partial charge < -0.3 is 14.8 Å². The fraction of sp³-hybridized carbons (Fsp3) is 0.304. The zero-order valence-electron chi connectivity index (χ0n) is 18.5. The smallest absolute Gasteiger partial charge is 0.387 e. The van der Waals surface area contributed by atoms with Crippen LogP contribution in [-0.2, 0) is 14.8 Å². The van der Waals surface area contributed by atoms with E-state index in [4.69, 9.17) is 4.74 Å². The Balaban J connectivity index is 1.66. The molecule has 2 aromatic carbocycles. The molecule has 0 aliphatic carbocycles. The van der Waals surface area contributed by atoms with E-state index in [1.165, 1.54) is 49.6 Å². The molecule has 0 bridgehead atoms. The van der Waals surface area contributed by atoms with Crippen molar-refractivity contribution < 1.29 is 31.5 Å². The molecular weight excluding hydrogens is 468 g/mol. The number of methoxy groups -OCH3 is 1. The Hall–Kier alpha value is -3.47. The highest BCUT2D eigenvalue weighted by Gasteiger charge is 2.17. The number of rotatable bonds is 8. The van der Waals surface area contributed by atoms with Gasteiger partial charge in [-0.2, -0.15) is 8.78 Å². The number of sulfonamides is 1. The van der Waals surface area contributed by atoms with Crippen molar-refractivity contribution in [3.63, 3.8) is 0 Å². The SMILES string of the molecule is COc1cccc(/C=C/C(=O)Nc2ccc(S(=O)(=O)NC3=NCCCCC3)cc2)c1OC(F)F. The van der Waals surface area contributed by atoms with E-state index in [2.05, 4.69) is 19.8 Å². The second kappa shape index (κ2) is 11.6. The van der Waals surface area contributed by atoms with Crippen LogP contribution >= 0.6 is 0 Å². The molecule has 2 aromatic rings. The summed E-state index contributed by atoms with van der Waals surface area (Å²) in [6, 6.07) is 10.2. The Labute approximate surface area is 196 Å². The van der Waals surface area contributed by atoms with E-state index >= 15 is 0 Å². The molecule has 0 atom stereocenters. The molecule has 0 spiro atoms. The van der Waals surface area contributed by atoms with Gasteiger partial charge in [-0.1, -0.05) is 18.6 Å². The van der Waals surface area contributed by atoms with Crippen LogP contribution in [0.2, 0.25) is 0 Å². The lowest BCUT2D eigenvalue weighted by Crippen LogP contribution is -2.30. The molecule has 182 valence electrons. The van der Waals surface area contributed by atoms with Crippen molar-refractivity contribution in [2.45, 2.75) is 37.2 Å². The molecule has 1 heterocycles. The van der Waals surface area contributed by atoms with Gasteiger partial charge in [0.1, 0.15) is 5.84 Å². The summed E-state index contributed by atoms with van der Waals surface area (Å²) in [5.74, 6) is -0.187. The van der Waals surface area contributed by atoms with Gasteiger partial charge in [0.25, 0.3) is 10.0 Å². The average molecular weight is 494 g/mol. The van der Waals surface area contributed by atoms with Crippen molar-refractivity contribution in [1.82, 2.24) is 4.72 Å². The number of amides is 1. The number of alkyl halides is 2. The summed E-state index contributed by atoms with van der Waals surface area (Å²) < 4.78 is 62.7. The number of hydrogen-bond donors (Lipinski definition) is 2. The summed E-state index contributed by atoms with van der Waals surface area (Å²) in [5, 5.41) is 2.58. The van der Waals surface area contributed by atoms with E-state index < -0.39 is 22.5 Å². The number of para-hydroxylation sites is 1. The third-order valence-corrected chi connectivity index (χ3v) is 6.31. The first kappa shape index (κ1) is 25.2. The minimum Gasteiger partial charge on any atom is -0.493 e. The molecule has 1 aliphatic heterocycles. The van der Waals surface area contributed by atoms with Gasteiger partial charge in [0.2, 0.25) is 5.91 Å². The summed E-state index contributed by atoms with van der Waals surface area (Å²) in [5.41, 5.74) is 0.582. The fourth-order valence-corrected chi connectivity index (χ4v) is 4.37.